The van der Waals surface area contributed by atoms with Gasteiger partial charge in [0.25, 0.3) is 17.4 Å². The van der Waals surface area contributed by atoms with Crippen LogP contribution in [0.25, 0.3) is 11.3 Å². The molecule has 8 nitrogen and oxygen atoms in total. The smallest absolute Gasteiger partial charge is 0.293 e. The molecule has 2 heterocycles. The van der Waals surface area contributed by atoms with Gasteiger partial charge in [0.2, 0.25) is 0 Å². The number of carbonyl (C=O) groups excluding carboxylic acids is 2. The molecule has 0 atom stereocenters. The average molecular weight is 596 g/mol. The molecule has 1 aliphatic heterocycles. The van der Waals surface area contributed by atoms with Crippen LogP contribution >= 0.6 is 11.8 Å². The molecule has 2 amide bonds. The second-order valence-electron chi connectivity index (χ2n) is 11.8. The minimum Gasteiger partial charge on any atom is -0.337 e. The van der Waals surface area contributed by atoms with Crippen LogP contribution < -0.4 is 16.2 Å². The molecule has 9 heteroatoms. The molecule has 0 aliphatic carbocycles. The van der Waals surface area contributed by atoms with Crippen molar-refractivity contribution in [3.63, 3.8) is 0 Å². The monoisotopic (exact) mass is 595 g/mol. The lowest BCUT2D eigenvalue weighted by Gasteiger charge is -2.26. The predicted octanol–water partition coefficient (Wildman–Crippen LogP) is 6.24. The largest absolute Gasteiger partial charge is 0.337 e. The molecule has 3 aromatic carbocycles. The molecule has 2 N–H and O–H groups in total. The lowest BCUT2D eigenvalue weighted by Crippen LogP contribution is -2.37. The van der Waals surface area contributed by atoms with Crippen molar-refractivity contribution in [1.29, 1.82) is 0 Å². The zero-order valence-electron chi connectivity index (χ0n) is 25.2. The number of aryl methyl sites for hydroxylation is 1. The summed E-state index contributed by atoms with van der Waals surface area (Å²) in [5, 5.41) is 6.16. The van der Waals surface area contributed by atoms with Crippen LogP contribution in [0.2, 0.25) is 0 Å². The Kier molecular flexibility index (Phi) is 8.73. The molecule has 1 fully saturated rings. The van der Waals surface area contributed by atoms with Crippen molar-refractivity contribution >= 4 is 40.8 Å². The number of nitrogens with zero attached hydrogens (tertiary/aromatic N) is 3. The van der Waals surface area contributed by atoms with E-state index in [1.54, 1.807) is 37.5 Å². The van der Waals surface area contributed by atoms with Crippen LogP contribution in [-0.4, -0.2) is 50.9 Å². The molecule has 5 rings (SSSR count). The first-order valence-corrected chi connectivity index (χ1v) is 15.5. The van der Waals surface area contributed by atoms with E-state index in [1.165, 1.54) is 4.57 Å². The number of anilines is 3. The third kappa shape index (κ3) is 6.83. The lowest BCUT2D eigenvalue weighted by molar-refractivity contribution is 0.0772. The summed E-state index contributed by atoms with van der Waals surface area (Å²) in [6, 6.07) is 20.4. The molecular formula is C34H37N5O3S. The van der Waals surface area contributed by atoms with Crippen molar-refractivity contribution in [2.24, 2.45) is 7.05 Å². The summed E-state index contributed by atoms with van der Waals surface area (Å²) in [5.41, 5.74) is 5.61. The topological polar surface area (TPSA) is 96.3 Å². The maximum absolute atomic E-state index is 13.1. The molecule has 1 aliphatic rings. The van der Waals surface area contributed by atoms with Crippen molar-refractivity contribution in [2.75, 3.05) is 35.2 Å². The molecule has 4 aromatic rings. The van der Waals surface area contributed by atoms with E-state index in [1.807, 2.05) is 66.1 Å². The quantitative estimate of drug-likeness (QED) is 0.274. The van der Waals surface area contributed by atoms with E-state index < -0.39 is 0 Å². The Hall–Kier alpha value is -4.37. The fourth-order valence-electron chi connectivity index (χ4n) is 4.96. The first-order chi connectivity index (χ1) is 20.5. The molecule has 0 radical (unpaired) electrons. The summed E-state index contributed by atoms with van der Waals surface area (Å²) in [5.74, 6) is 1.90. The van der Waals surface area contributed by atoms with Crippen LogP contribution in [0, 0.1) is 6.92 Å². The number of hydrogen-bond donors (Lipinski definition) is 2. The first-order valence-electron chi connectivity index (χ1n) is 14.3. The first kappa shape index (κ1) is 30.1. The van der Waals surface area contributed by atoms with Gasteiger partial charge in [0.05, 0.1) is 5.69 Å². The summed E-state index contributed by atoms with van der Waals surface area (Å²) in [6.45, 7) is 9.85. The van der Waals surface area contributed by atoms with E-state index in [4.69, 9.17) is 0 Å². The number of thioether (sulfide) groups is 1. The standard InChI is InChI=1S/C34H37N5O3S/c1-22-27(7-6-8-28(22)37-31(40)23-9-13-25(14-10-23)34(2,3)4)29-21-38(5)33(42)30(36-29)35-26-15-11-24(12-16-26)32(41)39-17-19-43-20-18-39/h6-16,21H,17-20H2,1-5H3,(H,35,36)(H,37,40). The number of rotatable bonds is 6. The molecule has 0 spiro atoms. The second kappa shape index (κ2) is 12.5. The van der Waals surface area contributed by atoms with E-state index in [0.29, 0.717) is 28.2 Å². The normalized spacial score (nSPS) is 13.5. The lowest BCUT2D eigenvalue weighted by atomic mass is 9.86. The van der Waals surface area contributed by atoms with Crippen LogP contribution in [0.3, 0.4) is 0 Å². The van der Waals surface area contributed by atoms with Crippen LogP contribution in [0.5, 0.6) is 0 Å². The van der Waals surface area contributed by atoms with Crippen molar-refractivity contribution in [3.05, 3.63) is 106 Å². The van der Waals surface area contributed by atoms with Gasteiger partial charge in [0, 0.05) is 65.9 Å². The molecule has 0 unspecified atom stereocenters. The van der Waals surface area contributed by atoms with Gasteiger partial charge in [-0.25, -0.2) is 4.98 Å². The number of carbonyl (C=O) groups is 2. The summed E-state index contributed by atoms with van der Waals surface area (Å²) in [6.07, 6.45) is 1.69. The zero-order chi connectivity index (χ0) is 30.7. The summed E-state index contributed by atoms with van der Waals surface area (Å²) in [7, 11) is 1.68. The van der Waals surface area contributed by atoms with Crippen LogP contribution in [0.1, 0.15) is 52.6 Å². The van der Waals surface area contributed by atoms with Gasteiger partial charge in [-0.2, -0.15) is 11.8 Å². The highest BCUT2D eigenvalue weighted by atomic mass is 32.2. The van der Waals surface area contributed by atoms with Gasteiger partial charge in [-0.3, -0.25) is 14.4 Å². The van der Waals surface area contributed by atoms with Gasteiger partial charge < -0.3 is 20.1 Å². The molecular weight excluding hydrogens is 558 g/mol. The number of amides is 2. The maximum Gasteiger partial charge on any atom is 0.293 e. The fraction of sp³-hybridized carbons (Fsp3) is 0.294. The fourth-order valence-corrected chi connectivity index (χ4v) is 5.87. The van der Waals surface area contributed by atoms with Gasteiger partial charge in [-0.15, -0.1) is 0 Å². The van der Waals surface area contributed by atoms with Crippen LogP contribution in [0.15, 0.2) is 77.7 Å². The van der Waals surface area contributed by atoms with E-state index in [2.05, 4.69) is 36.4 Å². The van der Waals surface area contributed by atoms with Crippen molar-refractivity contribution < 1.29 is 9.59 Å². The van der Waals surface area contributed by atoms with Crippen LogP contribution in [-0.2, 0) is 12.5 Å². The van der Waals surface area contributed by atoms with Gasteiger partial charge >= 0.3 is 0 Å². The average Bonchev–Trinajstić information content (AvgIpc) is 3.00. The van der Waals surface area contributed by atoms with E-state index in [-0.39, 0.29) is 28.6 Å². The van der Waals surface area contributed by atoms with Crippen molar-refractivity contribution in [1.82, 2.24) is 14.5 Å². The predicted molar refractivity (Wildman–Crippen MR) is 176 cm³/mol. The number of nitrogens with one attached hydrogen (secondary N) is 2. The molecule has 43 heavy (non-hydrogen) atoms. The Bertz CT molecular complexity index is 1700. The van der Waals surface area contributed by atoms with E-state index in [0.717, 1.165) is 41.3 Å². The summed E-state index contributed by atoms with van der Waals surface area (Å²) < 4.78 is 1.48. The third-order valence-electron chi connectivity index (χ3n) is 7.64. The highest BCUT2D eigenvalue weighted by Gasteiger charge is 2.19. The van der Waals surface area contributed by atoms with Gasteiger partial charge in [-0.05, 0) is 65.9 Å². The van der Waals surface area contributed by atoms with Crippen LogP contribution in [0.4, 0.5) is 17.2 Å². The third-order valence-corrected chi connectivity index (χ3v) is 8.58. The molecule has 0 saturated carbocycles. The molecule has 222 valence electrons. The molecule has 0 bridgehead atoms. The van der Waals surface area contributed by atoms with Gasteiger partial charge in [0.1, 0.15) is 0 Å². The number of aromatic nitrogens is 2. The summed E-state index contributed by atoms with van der Waals surface area (Å²) in [4.78, 5) is 45.5. The van der Waals surface area contributed by atoms with E-state index >= 15 is 0 Å². The van der Waals surface area contributed by atoms with Crippen molar-refractivity contribution in [2.45, 2.75) is 33.1 Å². The molecule has 1 aromatic heterocycles. The number of benzene rings is 3. The Morgan fingerprint density at radius 1 is 0.907 bits per heavy atom. The Morgan fingerprint density at radius 3 is 2.21 bits per heavy atom. The van der Waals surface area contributed by atoms with Gasteiger partial charge in [0.15, 0.2) is 5.82 Å². The SMILES string of the molecule is Cc1c(NC(=O)c2ccc(C(C)(C)C)cc2)cccc1-c1cn(C)c(=O)c(Nc2ccc(C(=O)N3CCSCC3)cc2)n1. The Labute approximate surface area is 256 Å². The van der Waals surface area contributed by atoms with E-state index in [9.17, 15) is 14.4 Å². The Balaban J connectivity index is 1.35. The van der Waals surface area contributed by atoms with Gasteiger partial charge in [-0.1, -0.05) is 45.0 Å². The number of hydrogen-bond acceptors (Lipinski definition) is 6. The highest BCUT2D eigenvalue weighted by Crippen LogP contribution is 2.29. The minimum absolute atomic E-state index is 0.00509. The Morgan fingerprint density at radius 2 is 1.56 bits per heavy atom. The second-order valence-corrected chi connectivity index (χ2v) is 13.0. The summed E-state index contributed by atoms with van der Waals surface area (Å²) >= 11 is 1.86. The maximum atomic E-state index is 13.1. The molecule has 1 saturated heterocycles. The minimum atomic E-state index is -0.282. The van der Waals surface area contributed by atoms with Crippen molar-refractivity contribution in [3.8, 4) is 11.3 Å². The zero-order valence-corrected chi connectivity index (χ0v) is 26.0. The highest BCUT2D eigenvalue weighted by molar-refractivity contribution is 7.99.